The maximum absolute atomic E-state index is 9.51. The minimum absolute atomic E-state index is 0.649. The molecular formula is C20H11N3. The van der Waals surface area contributed by atoms with Crippen molar-refractivity contribution in [3.8, 4) is 6.07 Å². The van der Waals surface area contributed by atoms with Crippen LogP contribution in [0.5, 0.6) is 0 Å². The number of rotatable bonds is 0. The van der Waals surface area contributed by atoms with Crippen LogP contribution in [0.15, 0.2) is 66.7 Å². The molecule has 0 radical (unpaired) electrons. The smallest absolute Gasteiger partial charge is 0.146 e. The zero-order valence-electron chi connectivity index (χ0n) is 12.2. The summed E-state index contributed by atoms with van der Waals surface area (Å²) in [5.41, 5.74) is 4.36. The van der Waals surface area contributed by atoms with E-state index < -0.39 is 0 Å². The van der Waals surface area contributed by atoms with Crippen molar-refractivity contribution < 1.29 is 0 Å². The van der Waals surface area contributed by atoms with Crippen molar-refractivity contribution in [2.45, 2.75) is 0 Å². The second-order valence-electron chi connectivity index (χ2n) is 5.62. The molecule has 2 heterocycles. The molecule has 0 N–H and O–H groups in total. The number of hydrogen-bond donors (Lipinski definition) is 0. The molecular weight excluding hydrogens is 282 g/mol. The Kier molecular flexibility index (Phi) is 2.29. The summed E-state index contributed by atoms with van der Waals surface area (Å²) in [6, 6.07) is 24.6. The molecule has 0 spiro atoms. The summed E-state index contributed by atoms with van der Waals surface area (Å²) >= 11 is 0. The third-order valence-electron chi connectivity index (χ3n) is 4.40. The molecule has 5 rings (SSSR count). The minimum atomic E-state index is 0.649. The first-order valence-electron chi connectivity index (χ1n) is 7.49. The van der Waals surface area contributed by atoms with Crippen LogP contribution < -0.4 is 0 Å². The molecule has 3 nitrogen and oxygen atoms in total. The van der Waals surface area contributed by atoms with Crippen LogP contribution in [-0.2, 0) is 0 Å². The molecule has 0 aliphatic carbocycles. The Morgan fingerprint density at radius 3 is 2.35 bits per heavy atom. The topological polar surface area (TPSA) is 41.1 Å². The Bertz CT molecular complexity index is 1270. The van der Waals surface area contributed by atoms with Gasteiger partial charge in [0.05, 0.1) is 22.1 Å². The van der Waals surface area contributed by atoms with Crippen LogP contribution in [0.3, 0.4) is 0 Å². The van der Waals surface area contributed by atoms with E-state index in [0.29, 0.717) is 5.56 Å². The van der Waals surface area contributed by atoms with Crippen LogP contribution in [0.4, 0.5) is 0 Å². The molecule has 0 aliphatic rings. The van der Waals surface area contributed by atoms with Gasteiger partial charge in [0, 0.05) is 10.8 Å². The van der Waals surface area contributed by atoms with Crippen LogP contribution in [-0.4, -0.2) is 9.38 Å². The highest BCUT2D eigenvalue weighted by atomic mass is 15.0. The van der Waals surface area contributed by atoms with Crippen molar-refractivity contribution in [2.75, 3.05) is 0 Å². The molecule has 5 aromatic rings. The van der Waals surface area contributed by atoms with Crippen molar-refractivity contribution in [1.82, 2.24) is 9.38 Å². The molecule has 2 aromatic heterocycles. The van der Waals surface area contributed by atoms with Crippen molar-refractivity contribution in [3.63, 3.8) is 0 Å². The fourth-order valence-electron chi connectivity index (χ4n) is 3.44. The van der Waals surface area contributed by atoms with Crippen LogP contribution in [0.1, 0.15) is 5.56 Å². The predicted molar refractivity (Wildman–Crippen MR) is 92.4 cm³/mol. The third kappa shape index (κ3) is 1.50. The Hall–Kier alpha value is -3.38. The van der Waals surface area contributed by atoms with E-state index in [1.807, 2.05) is 36.4 Å². The number of nitriles is 1. The van der Waals surface area contributed by atoms with Crippen LogP contribution in [0.25, 0.3) is 38.4 Å². The van der Waals surface area contributed by atoms with E-state index in [4.69, 9.17) is 4.98 Å². The van der Waals surface area contributed by atoms with Gasteiger partial charge in [-0.05, 0) is 23.6 Å². The lowest BCUT2D eigenvalue weighted by Gasteiger charge is -2.08. The molecule has 106 valence electrons. The number of fused-ring (bicyclic) bond motifs is 8. The fraction of sp³-hybridized carbons (Fsp3) is 0. The zero-order chi connectivity index (χ0) is 15.4. The van der Waals surface area contributed by atoms with Crippen molar-refractivity contribution in [3.05, 3.63) is 72.3 Å². The van der Waals surface area contributed by atoms with E-state index >= 15 is 0 Å². The maximum atomic E-state index is 9.51. The van der Waals surface area contributed by atoms with Gasteiger partial charge in [-0.15, -0.1) is 0 Å². The number of nitrogens with zero attached hydrogens (tertiary/aromatic N) is 3. The number of imidazole rings is 1. The highest BCUT2D eigenvalue weighted by molar-refractivity contribution is 6.14. The molecule has 0 saturated heterocycles. The molecule has 0 saturated carbocycles. The third-order valence-corrected chi connectivity index (χ3v) is 4.40. The Balaban J connectivity index is 2.24. The summed E-state index contributed by atoms with van der Waals surface area (Å²) in [5.74, 6) is 0. The van der Waals surface area contributed by atoms with E-state index in [0.717, 1.165) is 27.6 Å². The van der Waals surface area contributed by atoms with Crippen molar-refractivity contribution in [1.29, 1.82) is 5.26 Å². The van der Waals surface area contributed by atoms with Crippen molar-refractivity contribution >= 4 is 38.4 Å². The lowest BCUT2D eigenvalue weighted by molar-refractivity contribution is 1.31. The predicted octanol–water partition coefficient (Wildman–Crippen LogP) is 4.67. The van der Waals surface area contributed by atoms with Gasteiger partial charge >= 0.3 is 0 Å². The van der Waals surface area contributed by atoms with Gasteiger partial charge in [0.2, 0.25) is 0 Å². The van der Waals surface area contributed by atoms with Crippen LogP contribution >= 0.6 is 0 Å². The monoisotopic (exact) mass is 293 g/mol. The Morgan fingerprint density at radius 2 is 1.52 bits per heavy atom. The van der Waals surface area contributed by atoms with E-state index in [2.05, 4.69) is 40.8 Å². The molecule has 0 aliphatic heterocycles. The average Bonchev–Trinajstić information content (AvgIpc) is 3.02. The summed E-state index contributed by atoms with van der Waals surface area (Å²) in [5, 5.41) is 13.0. The largest absolute Gasteiger partial charge is 0.290 e. The summed E-state index contributed by atoms with van der Waals surface area (Å²) in [6.45, 7) is 0. The van der Waals surface area contributed by atoms with Crippen molar-refractivity contribution in [2.24, 2.45) is 0 Å². The quantitative estimate of drug-likeness (QED) is 0.389. The van der Waals surface area contributed by atoms with Gasteiger partial charge in [0.15, 0.2) is 0 Å². The number of para-hydroxylation sites is 2. The SMILES string of the molecule is N#Cc1cccc2nc3c4ccccc4c4ccccc4n3c12. The van der Waals surface area contributed by atoms with Crippen LogP contribution in [0, 0.1) is 11.3 Å². The zero-order valence-corrected chi connectivity index (χ0v) is 12.2. The number of benzene rings is 3. The lowest BCUT2D eigenvalue weighted by Crippen LogP contribution is -1.92. The highest BCUT2D eigenvalue weighted by Crippen LogP contribution is 2.32. The van der Waals surface area contributed by atoms with E-state index in [9.17, 15) is 5.26 Å². The molecule has 3 heteroatoms. The fourth-order valence-corrected chi connectivity index (χ4v) is 3.44. The first-order valence-corrected chi connectivity index (χ1v) is 7.49. The van der Waals surface area contributed by atoms with Gasteiger partial charge in [-0.1, -0.05) is 48.5 Å². The highest BCUT2D eigenvalue weighted by Gasteiger charge is 2.15. The molecule has 0 amide bonds. The van der Waals surface area contributed by atoms with Gasteiger partial charge in [-0.2, -0.15) is 5.26 Å². The molecule has 23 heavy (non-hydrogen) atoms. The summed E-state index contributed by atoms with van der Waals surface area (Å²) < 4.78 is 2.12. The van der Waals surface area contributed by atoms with E-state index in [1.165, 1.54) is 10.8 Å². The second kappa shape index (κ2) is 4.31. The Labute approximate surface area is 132 Å². The summed E-state index contributed by atoms with van der Waals surface area (Å²) in [7, 11) is 0. The first-order chi connectivity index (χ1) is 11.4. The van der Waals surface area contributed by atoms with Gasteiger partial charge in [-0.3, -0.25) is 4.40 Å². The van der Waals surface area contributed by atoms with Gasteiger partial charge in [0.1, 0.15) is 11.7 Å². The molecule has 0 fully saturated rings. The molecule has 3 aromatic carbocycles. The van der Waals surface area contributed by atoms with Gasteiger partial charge in [-0.25, -0.2) is 4.98 Å². The van der Waals surface area contributed by atoms with Crippen LogP contribution in [0.2, 0.25) is 0 Å². The normalized spacial score (nSPS) is 11.4. The summed E-state index contributed by atoms with van der Waals surface area (Å²) in [6.07, 6.45) is 0. The molecule has 0 bridgehead atoms. The first kappa shape index (κ1) is 12.2. The summed E-state index contributed by atoms with van der Waals surface area (Å²) in [4.78, 5) is 4.81. The maximum Gasteiger partial charge on any atom is 0.146 e. The number of hydrogen-bond acceptors (Lipinski definition) is 2. The van der Waals surface area contributed by atoms with E-state index in [-0.39, 0.29) is 0 Å². The average molecular weight is 293 g/mol. The minimum Gasteiger partial charge on any atom is -0.290 e. The van der Waals surface area contributed by atoms with Gasteiger partial charge < -0.3 is 0 Å². The number of pyridine rings is 1. The number of aromatic nitrogens is 2. The Morgan fingerprint density at radius 1 is 0.783 bits per heavy atom. The van der Waals surface area contributed by atoms with Gasteiger partial charge in [0.25, 0.3) is 0 Å². The standard InChI is InChI=1S/C20H11N3/c21-12-13-6-5-10-17-19(13)23-18-11-4-3-8-15(18)14-7-1-2-9-16(14)20(23)22-17/h1-11H. The molecule has 0 unspecified atom stereocenters. The second-order valence-corrected chi connectivity index (χ2v) is 5.62. The lowest BCUT2D eigenvalue weighted by atomic mass is 10.1. The molecule has 0 atom stereocenters. The van der Waals surface area contributed by atoms with E-state index in [1.54, 1.807) is 0 Å².